The molecule has 1 N–H and O–H groups in total. The van der Waals surface area contributed by atoms with Crippen LogP contribution in [0.4, 0.5) is 0 Å². The van der Waals surface area contributed by atoms with Crippen LogP contribution in [0.15, 0.2) is 18.3 Å². The Hall–Kier alpha value is -0.945. The molecule has 0 unspecified atom stereocenters. The minimum absolute atomic E-state index is 0.301. The lowest BCUT2D eigenvalue weighted by Crippen LogP contribution is -2.57. The number of piperazine rings is 1. The van der Waals surface area contributed by atoms with E-state index in [1.807, 2.05) is 19.9 Å². The van der Waals surface area contributed by atoms with Gasteiger partial charge in [-0.05, 0) is 58.2 Å². The van der Waals surface area contributed by atoms with Gasteiger partial charge in [0.1, 0.15) is 0 Å². The van der Waals surface area contributed by atoms with Crippen molar-refractivity contribution in [3.63, 3.8) is 0 Å². The van der Waals surface area contributed by atoms with E-state index in [4.69, 9.17) is 0 Å². The second-order valence-electron chi connectivity index (χ2n) is 7.52. The van der Waals surface area contributed by atoms with Gasteiger partial charge in [0.25, 0.3) is 0 Å². The minimum atomic E-state index is -0.301. The van der Waals surface area contributed by atoms with Crippen molar-refractivity contribution < 1.29 is 5.02 Å². The smallest absolute Gasteiger partial charge is 0.376 e. The Labute approximate surface area is 146 Å². The van der Waals surface area contributed by atoms with Crippen molar-refractivity contribution in [2.45, 2.75) is 52.1 Å². The summed E-state index contributed by atoms with van der Waals surface area (Å²) in [6.07, 6.45) is 4.37. The molecule has 1 aromatic rings. The van der Waals surface area contributed by atoms with Gasteiger partial charge in [-0.3, -0.25) is 14.8 Å². The fourth-order valence-electron chi connectivity index (χ4n) is 4.04. The predicted octanol–water partition coefficient (Wildman–Crippen LogP) is 1.47. The molecule has 1 aromatic heterocycles. The van der Waals surface area contributed by atoms with Crippen LogP contribution in [0.2, 0.25) is 6.82 Å². The summed E-state index contributed by atoms with van der Waals surface area (Å²) in [5, 5.41) is 9.71. The first-order valence-electron chi connectivity index (χ1n) is 9.34. The van der Waals surface area contributed by atoms with Crippen molar-refractivity contribution in [1.82, 2.24) is 19.6 Å². The van der Waals surface area contributed by atoms with Crippen molar-refractivity contribution in [2.24, 2.45) is 0 Å². The molecule has 6 heteroatoms. The molecule has 2 aliphatic heterocycles. The van der Waals surface area contributed by atoms with E-state index in [1.54, 1.807) is 0 Å². The van der Waals surface area contributed by atoms with Crippen LogP contribution in [-0.4, -0.2) is 76.5 Å². The Morgan fingerprint density at radius 1 is 1.21 bits per heavy atom. The van der Waals surface area contributed by atoms with Crippen LogP contribution in [-0.2, 0) is 6.54 Å². The van der Waals surface area contributed by atoms with Crippen molar-refractivity contribution in [1.29, 1.82) is 0 Å². The van der Waals surface area contributed by atoms with Crippen molar-refractivity contribution in [3.05, 3.63) is 29.6 Å². The summed E-state index contributed by atoms with van der Waals surface area (Å²) in [6.45, 7) is 12.7. The number of rotatable bonds is 4. The summed E-state index contributed by atoms with van der Waals surface area (Å²) in [4.78, 5) is 11.8. The van der Waals surface area contributed by atoms with Crippen molar-refractivity contribution in [3.8, 4) is 0 Å². The minimum Gasteiger partial charge on any atom is -0.437 e. The zero-order valence-corrected chi connectivity index (χ0v) is 15.4. The lowest BCUT2D eigenvalue weighted by molar-refractivity contribution is 0.0339. The summed E-state index contributed by atoms with van der Waals surface area (Å²) >= 11 is 0. The third-order valence-electron chi connectivity index (χ3n) is 5.70. The van der Waals surface area contributed by atoms with E-state index in [0.29, 0.717) is 12.1 Å². The number of pyridine rings is 1. The first-order valence-corrected chi connectivity index (χ1v) is 9.34. The summed E-state index contributed by atoms with van der Waals surface area (Å²) < 4.78 is 0. The standard InChI is InChI=1S/C18H31BN4O/c1-15-4-5-17(12-20-15)14-21-10-11-22(13-16(21)2)18-6-8-23(9-7-18)19(3)24/h4-5,12,16,18,24H,6-11,13-14H2,1-3H3/t16-/m1/s1. The van der Waals surface area contributed by atoms with Crippen LogP contribution in [0.5, 0.6) is 0 Å². The molecule has 0 spiro atoms. The number of nitrogens with zero attached hydrogens (tertiary/aromatic N) is 4. The fourth-order valence-corrected chi connectivity index (χ4v) is 4.04. The first kappa shape index (κ1) is 17.9. The number of piperidine rings is 1. The molecule has 3 heterocycles. The first-order chi connectivity index (χ1) is 11.5. The van der Waals surface area contributed by atoms with E-state index >= 15 is 0 Å². The average Bonchev–Trinajstić information content (AvgIpc) is 2.58. The van der Waals surface area contributed by atoms with Gasteiger partial charge in [0, 0.05) is 50.2 Å². The van der Waals surface area contributed by atoms with Gasteiger partial charge in [0.05, 0.1) is 0 Å². The normalized spacial score (nSPS) is 25.1. The third-order valence-corrected chi connectivity index (χ3v) is 5.70. The lowest BCUT2D eigenvalue weighted by Gasteiger charge is -2.45. The summed E-state index contributed by atoms with van der Waals surface area (Å²) in [5.41, 5.74) is 2.39. The topological polar surface area (TPSA) is 42.8 Å². The molecule has 1 atom stereocenters. The molecule has 0 saturated carbocycles. The maximum Gasteiger partial charge on any atom is 0.376 e. The summed E-state index contributed by atoms with van der Waals surface area (Å²) in [6, 6.07) is 5.57. The number of hydrogen-bond acceptors (Lipinski definition) is 5. The molecule has 2 aliphatic rings. The Balaban J connectivity index is 1.49. The van der Waals surface area contributed by atoms with E-state index in [9.17, 15) is 5.02 Å². The highest BCUT2D eigenvalue weighted by molar-refractivity contribution is 6.45. The lowest BCUT2D eigenvalue weighted by atomic mass is 9.82. The molecular formula is C18H31BN4O. The number of aromatic nitrogens is 1. The molecule has 0 aliphatic carbocycles. The highest BCUT2D eigenvalue weighted by atomic mass is 16.2. The molecule has 132 valence electrons. The fraction of sp³-hybridized carbons (Fsp3) is 0.722. The number of aryl methyl sites for hydroxylation is 1. The molecular weight excluding hydrogens is 299 g/mol. The van der Waals surface area contributed by atoms with E-state index in [-0.39, 0.29) is 7.05 Å². The van der Waals surface area contributed by atoms with Crippen LogP contribution in [0.25, 0.3) is 0 Å². The number of hydrogen-bond donors (Lipinski definition) is 1. The zero-order chi connectivity index (χ0) is 17.1. The monoisotopic (exact) mass is 330 g/mol. The molecule has 0 amide bonds. The third kappa shape index (κ3) is 4.36. The molecule has 3 rings (SSSR count). The average molecular weight is 330 g/mol. The Morgan fingerprint density at radius 2 is 1.96 bits per heavy atom. The van der Waals surface area contributed by atoms with Crippen LogP contribution in [0, 0.1) is 6.92 Å². The van der Waals surface area contributed by atoms with Gasteiger partial charge in [-0.2, -0.15) is 0 Å². The van der Waals surface area contributed by atoms with Crippen LogP contribution >= 0.6 is 0 Å². The molecule has 24 heavy (non-hydrogen) atoms. The van der Waals surface area contributed by atoms with Gasteiger partial charge in [0.15, 0.2) is 0 Å². The summed E-state index contributed by atoms with van der Waals surface area (Å²) in [7, 11) is -0.301. The zero-order valence-electron chi connectivity index (χ0n) is 15.4. The van der Waals surface area contributed by atoms with Gasteiger partial charge in [0.2, 0.25) is 0 Å². The van der Waals surface area contributed by atoms with Gasteiger partial charge < -0.3 is 9.83 Å². The van der Waals surface area contributed by atoms with Crippen LogP contribution < -0.4 is 0 Å². The maximum atomic E-state index is 9.71. The molecule has 0 radical (unpaired) electrons. The Bertz CT molecular complexity index is 516. The van der Waals surface area contributed by atoms with E-state index < -0.39 is 0 Å². The Morgan fingerprint density at radius 3 is 2.54 bits per heavy atom. The molecule has 0 bridgehead atoms. The molecule has 2 saturated heterocycles. The highest BCUT2D eigenvalue weighted by Crippen LogP contribution is 2.21. The quantitative estimate of drug-likeness (QED) is 0.847. The van der Waals surface area contributed by atoms with E-state index in [0.717, 1.165) is 45.0 Å². The van der Waals surface area contributed by atoms with Gasteiger partial charge in [-0.25, -0.2) is 0 Å². The van der Waals surface area contributed by atoms with Crippen molar-refractivity contribution in [2.75, 3.05) is 32.7 Å². The van der Waals surface area contributed by atoms with Gasteiger partial charge in [-0.15, -0.1) is 0 Å². The van der Waals surface area contributed by atoms with Crippen molar-refractivity contribution >= 4 is 7.05 Å². The predicted molar refractivity (Wildman–Crippen MR) is 98.9 cm³/mol. The Kier molecular flexibility index (Phi) is 5.92. The van der Waals surface area contributed by atoms with Crippen LogP contribution in [0.3, 0.4) is 0 Å². The second kappa shape index (κ2) is 7.96. The maximum absolute atomic E-state index is 9.71. The molecule has 5 nitrogen and oxygen atoms in total. The molecule has 0 aromatic carbocycles. The molecule has 2 fully saturated rings. The second-order valence-corrected chi connectivity index (χ2v) is 7.52. The highest BCUT2D eigenvalue weighted by Gasteiger charge is 2.31. The van der Waals surface area contributed by atoms with Gasteiger partial charge in [-0.1, -0.05) is 6.07 Å². The summed E-state index contributed by atoms with van der Waals surface area (Å²) in [5.74, 6) is 0. The largest absolute Gasteiger partial charge is 0.437 e. The van der Waals surface area contributed by atoms with E-state index in [2.05, 4.69) is 38.7 Å². The van der Waals surface area contributed by atoms with Crippen LogP contribution in [0.1, 0.15) is 31.0 Å². The van der Waals surface area contributed by atoms with Gasteiger partial charge >= 0.3 is 7.05 Å². The SMILES string of the molecule is CB(O)N1CCC(N2CCN(Cc3ccc(C)nc3)[C@H](C)C2)CC1. The van der Waals surface area contributed by atoms with E-state index in [1.165, 1.54) is 18.4 Å².